The Kier molecular flexibility index (Phi) is 3.88. The van der Waals surface area contributed by atoms with E-state index in [9.17, 15) is 0 Å². The normalized spacial score (nSPS) is 18.2. The molecule has 0 N–H and O–H groups in total. The molecule has 1 heterocycles. The van der Waals surface area contributed by atoms with Crippen LogP contribution >= 0.6 is 0 Å². The van der Waals surface area contributed by atoms with Gasteiger partial charge >= 0.3 is 0 Å². The first-order valence-corrected chi connectivity index (χ1v) is 7.59. The van der Waals surface area contributed by atoms with Crippen LogP contribution in [0.2, 0.25) is 0 Å². The summed E-state index contributed by atoms with van der Waals surface area (Å²) < 4.78 is 5.34. The van der Waals surface area contributed by atoms with Crippen LogP contribution in [-0.2, 0) is 12.8 Å². The maximum Gasteiger partial charge on any atom is 0.167 e. The summed E-state index contributed by atoms with van der Waals surface area (Å²) in [6.45, 7) is 6.78. The van der Waals surface area contributed by atoms with Crippen LogP contribution in [0.4, 0.5) is 0 Å². The molecule has 3 nitrogen and oxygen atoms in total. The van der Waals surface area contributed by atoms with E-state index in [2.05, 4.69) is 42.1 Å². The minimum absolute atomic E-state index is 0.683. The summed E-state index contributed by atoms with van der Waals surface area (Å²) in [6, 6.07) is 9.19. The van der Waals surface area contributed by atoms with E-state index in [1.54, 1.807) is 6.20 Å². The molecule has 1 aliphatic carbocycles. The highest BCUT2D eigenvalue weighted by Gasteiger charge is 2.24. The van der Waals surface area contributed by atoms with Gasteiger partial charge in [-0.3, -0.25) is 0 Å². The molecule has 3 rings (SSSR count). The predicted molar refractivity (Wildman–Crippen MR) is 80.7 cm³/mol. The first-order valence-electron chi connectivity index (χ1n) is 7.59. The molecule has 0 spiro atoms. The van der Waals surface area contributed by atoms with Gasteiger partial charge in [0.05, 0.1) is 6.20 Å². The standard InChI is InChI=1S/C17H22N2O/c1-3-19(4-2)14-8-9-15-13(12-14)6-5-7-16(15)17-10-11-18-20-17/h5-7,10-11,14H,3-4,8-9,12H2,1-2H3. The van der Waals surface area contributed by atoms with E-state index in [0.717, 1.165) is 31.7 Å². The molecule has 1 aliphatic rings. The molecule has 1 unspecified atom stereocenters. The number of aromatic nitrogens is 1. The molecule has 1 aromatic carbocycles. The minimum Gasteiger partial charge on any atom is -0.356 e. The van der Waals surface area contributed by atoms with Crippen molar-refractivity contribution in [3.8, 4) is 11.3 Å². The van der Waals surface area contributed by atoms with Gasteiger partial charge in [-0.25, -0.2) is 0 Å². The van der Waals surface area contributed by atoms with E-state index < -0.39 is 0 Å². The Morgan fingerprint density at radius 1 is 1.25 bits per heavy atom. The molecule has 0 saturated carbocycles. The molecule has 0 radical (unpaired) electrons. The Morgan fingerprint density at radius 3 is 2.80 bits per heavy atom. The third-order valence-corrected chi connectivity index (χ3v) is 4.49. The van der Waals surface area contributed by atoms with Gasteiger partial charge in [-0.1, -0.05) is 37.2 Å². The van der Waals surface area contributed by atoms with Gasteiger partial charge in [0.1, 0.15) is 0 Å². The van der Waals surface area contributed by atoms with E-state index in [1.165, 1.54) is 23.1 Å². The van der Waals surface area contributed by atoms with Crippen LogP contribution in [0.15, 0.2) is 35.0 Å². The van der Waals surface area contributed by atoms with Crippen LogP contribution in [-0.4, -0.2) is 29.2 Å². The van der Waals surface area contributed by atoms with Crippen molar-refractivity contribution in [2.24, 2.45) is 0 Å². The summed E-state index contributed by atoms with van der Waals surface area (Å²) in [4.78, 5) is 2.57. The molecule has 1 aromatic heterocycles. The largest absolute Gasteiger partial charge is 0.356 e. The highest BCUT2D eigenvalue weighted by atomic mass is 16.5. The topological polar surface area (TPSA) is 29.3 Å². The van der Waals surface area contributed by atoms with Gasteiger partial charge in [0.2, 0.25) is 0 Å². The van der Waals surface area contributed by atoms with Crippen LogP contribution in [0.1, 0.15) is 31.4 Å². The summed E-state index contributed by atoms with van der Waals surface area (Å²) in [5.41, 5.74) is 4.15. The SMILES string of the molecule is CCN(CC)C1CCc2c(cccc2-c2ccno2)C1. The van der Waals surface area contributed by atoms with Gasteiger partial charge in [-0.05, 0) is 43.5 Å². The first-order chi connectivity index (χ1) is 9.83. The Hall–Kier alpha value is -1.61. The van der Waals surface area contributed by atoms with E-state index >= 15 is 0 Å². The number of hydrogen-bond donors (Lipinski definition) is 0. The van der Waals surface area contributed by atoms with Gasteiger partial charge < -0.3 is 9.42 Å². The Bertz CT molecular complexity index is 558. The van der Waals surface area contributed by atoms with E-state index in [0.29, 0.717) is 6.04 Å². The van der Waals surface area contributed by atoms with Gasteiger partial charge in [0.25, 0.3) is 0 Å². The van der Waals surface area contributed by atoms with Crippen molar-refractivity contribution in [3.63, 3.8) is 0 Å². The van der Waals surface area contributed by atoms with Crippen molar-refractivity contribution in [2.45, 2.75) is 39.2 Å². The zero-order valence-corrected chi connectivity index (χ0v) is 12.3. The number of benzene rings is 1. The Balaban J connectivity index is 1.90. The highest BCUT2D eigenvalue weighted by Crippen LogP contribution is 2.32. The third-order valence-electron chi connectivity index (χ3n) is 4.49. The average molecular weight is 270 g/mol. The lowest BCUT2D eigenvalue weighted by Gasteiger charge is -2.34. The van der Waals surface area contributed by atoms with Gasteiger partial charge in [-0.2, -0.15) is 0 Å². The lowest BCUT2D eigenvalue weighted by atomic mass is 9.84. The molecule has 2 aromatic rings. The second kappa shape index (κ2) is 5.80. The van der Waals surface area contributed by atoms with Gasteiger partial charge in [0, 0.05) is 17.7 Å². The van der Waals surface area contributed by atoms with E-state index in [4.69, 9.17) is 4.52 Å². The van der Waals surface area contributed by atoms with Crippen molar-refractivity contribution in [3.05, 3.63) is 41.6 Å². The summed E-state index contributed by atoms with van der Waals surface area (Å²) >= 11 is 0. The summed E-state index contributed by atoms with van der Waals surface area (Å²) in [6.07, 6.45) is 5.24. The van der Waals surface area contributed by atoms with Gasteiger partial charge in [0.15, 0.2) is 5.76 Å². The molecule has 0 fully saturated rings. The van der Waals surface area contributed by atoms with Crippen molar-refractivity contribution in [1.82, 2.24) is 10.1 Å². The molecular formula is C17H22N2O. The van der Waals surface area contributed by atoms with Crippen LogP contribution in [0.25, 0.3) is 11.3 Å². The third kappa shape index (κ3) is 2.38. The highest BCUT2D eigenvalue weighted by molar-refractivity contribution is 5.64. The average Bonchev–Trinajstić information content (AvgIpc) is 3.02. The molecule has 0 aliphatic heterocycles. The van der Waals surface area contributed by atoms with Crippen molar-refractivity contribution in [1.29, 1.82) is 0 Å². The number of rotatable bonds is 4. The molecule has 20 heavy (non-hydrogen) atoms. The minimum atomic E-state index is 0.683. The zero-order valence-electron chi connectivity index (χ0n) is 12.3. The van der Waals surface area contributed by atoms with Crippen molar-refractivity contribution in [2.75, 3.05) is 13.1 Å². The summed E-state index contributed by atoms with van der Waals surface area (Å²) in [7, 11) is 0. The van der Waals surface area contributed by atoms with Crippen molar-refractivity contribution < 1.29 is 4.52 Å². The number of fused-ring (bicyclic) bond motifs is 1. The maximum atomic E-state index is 5.34. The van der Waals surface area contributed by atoms with E-state index in [1.807, 2.05) is 6.07 Å². The lowest BCUT2D eigenvalue weighted by molar-refractivity contribution is 0.199. The summed E-state index contributed by atoms with van der Waals surface area (Å²) in [5, 5.41) is 3.83. The van der Waals surface area contributed by atoms with Crippen LogP contribution in [0.3, 0.4) is 0 Å². The van der Waals surface area contributed by atoms with Crippen molar-refractivity contribution >= 4 is 0 Å². The number of likely N-dealkylation sites (N-methyl/N-ethyl adjacent to an activating group) is 1. The monoisotopic (exact) mass is 270 g/mol. The van der Waals surface area contributed by atoms with Crippen LogP contribution in [0.5, 0.6) is 0 Å². The molecule has 1 atom stereocenters. The predicted octanol–water partition coefficient (Wildman–Crippen LogP) is 3.54. The lowest BCUT2D eigenvalue weighted by Crippen LogP contribution is -2.39. The molecule has 0 saturated heterocycles. The second-order valence-corrected chi connectivity index (χ2v) is 5.44. The second-order valence-electron chi connectivity index (χ2n) is 5.44. The number of hydrogen-bond acceptors (Lipinski definition) is 3. The first kappa shape index (κ1) is 13.4. The molecule has 0 amide bonds. The molecule has 106 valence electrons. The van der Waals surface area contributed by atoms with Crippen LogP contribution < -0.4 is 0 Å². The zero-order chi connectivity index (χ0) is 13.9. The Labute approximate surface area is 120 Å². The maximum absolute atomic E-state index is 5.34. The molecule has 3 heteroatoms. The smallest absolute Gasteiger partial charge is 0.167 e. The fraction of sp³-hybridized carbons (Fsp3) is 0.471. The van der Waals surface area contributed by atoms with Crippen LogP contribution in [0, 0.1) is 0 Å². The number of nitrogens with zero attached hydrogens (tertiary/aromatic N) is 2. The molecule has 0 bridgehead atoms. The van der Waals surface area contributed by atoms with E-state index in [-0.39, 0.29) is 0 Å². The molecular weight excluding hydrogens is 248 g/mol. The fourth-order valence-electron chi connectivity index (χ4n) is 3.43. The Morgan fingerprint density at radius 2 is 2.10 bits per heavy atom. The van der Waals surface area contributed by atoms with Gasteiger partial charge in [-0.15, -0.1) is 0 Å². The summed E-state index contributed by atoms with van der Waals surface area (Å²) in [5.74, 6) is 0.892. The quantitative estimate of drug-likeness (QED) is 0.851. The fourth-order valence-corrected chi connectivity index (χ4v) is 3.43.